The zero-order valence-electron chi connectivity index (χ0n) is 18.5. The van der Waals surface area contributed by atoms with E-state index >= 15 is 0 Å². The van der Waals surface area contributed by atoms with Crippen molar-refractivity contribution in [3.8, 4) is 5.75 Å². The lowest BCUT2D eigenvalue weighted by atomic mass is 9.74. The Bertz CT molecular complexity index is 1100. The van der Waals surface area contributed by atoms with Gasteiger partial charge < -0.3 is 9.84 Å². The first-order valence-corrected chi connectivity index (χ1v) is 11.2. The van der Waals surface area contributed by atoms with Crippen LogP contribution in [0, 0.1) is 0 Å². The lowest BCUT2D eigenvalue weighted by Crippen LogP contribution is -2.32. The summed E-state index contributed by atoms with van der Waals surface area (Å²) in [6.45, 7) is 5.65. The molecule has 3 aromatic rings. The van der Waals surface area contributed by atoms with Crippen molar-refractivity contribution in [3.05, 3.63) is 81.5 Å². The number of benzene rings is 1. The number of rotatable bonds is 9. The molecule has 0 unspecified atom stereocenters. The Hall–Kier alpha value is -2.97. The zero-order valence-corrected chi connectivity index (χ0v) is 18.5. The molecule has 2 aromatic heterocycles. The Morgan fingerprint density at radius 1 is 1.12 bits per heavy atom. The lowest BCUT2D eigenvalue weighted by Gasteiger charge is -2.28. The maximum atomic E-state index is 12.5. The van der Waals surface area contributed by atoms with Crippen LogP contribution in [-0.2, 0) is 32.5 Å². The van der Waals surface area contributed by atoms with Gasteiger partial charge in [0.1, 0.15) is 12.4 Å². The molecule has 0 amide bonds. The number of pyridine rings is 1. The van der Waals surface area contributed by atoms with Crippen molar-refractivity contribution in [2.45, 2.75) is 39.4 Å². The fourth-order valence-corrected chi connectivity index (χ4v) is 3.96. The van der Waals surface area contributed by atoms with E-state index in [2.05, 4.69) is 40.0 Å². The summed E-state index contributed by atoms with van der Waals surface area (Å²) in [4.78, 5) is 19.1. The van der Waals surface area contributed by atoms with Crippen molar-refractivity contribution >= 4 is 12.7 Å². The quantitative estimate of drug-likeness (QED) is 0.507. The summed E-state index contributed by atoms with van der Waals surface area (Å²) in [5, 5.41) is 13.5. The standard InChI is InChI=1S/C24H29BN4O3/c1-25-21-4-5-22(26-14-21)17-32-23-13-24(31)29(27-15-23)9-6-18-2-3-19-7-8-28(10-11-30)16-20(19)12-18/h2-5,12-15,25,30H,6-11,16-17H2,1H3. The number of hydrogen-bond acceptors (Lipinski definition) is 6. The summed E-state index contributed by atoms with van der Waals surface area (Å²) in [7, 11) is 0.948. The number of aliphatic hydroxyl groups is 1. The van der Waals surface area contributed by atoms with E-state index in [4.69, 9.17) is 4.74 Å². The second kappa shape index (κ2) is 10.6. The Kier molecular flexibility index (Phi) is 7.34. The zero-order chi connectivity index (χ0) is 22.3. The van der Waals surface area contributed by atoms with Gasteiger partial charge in [0.25, 0.3) is 5.56 Å². The molecule has 1 aromatic carbocycles. The molecular formula is C24H29BN4O3. The third-order valence-electron chi connectivity index (χ3n) is 5.92. The third-order valence-corrected chi connectivity index (χ3v) is 5.92. The van der Waals surface area contributed by atoms with Gasteiger partial charge in [-0.3, -0.25) is 14.7 Å². The van der Waals surface area contributed by atoms with Crippen LogP contribution < -0.4 is 15.8 Å². The van der Waals surface area contributed by atoms with E-state index in [0.29, 0.717) is 25.4 Å². The van der Waals surface area contributed by atoms with Crippen LogP contribution >= 0.6 is 0 Å². The fraction of sp³-hybridized carbons (Fsp3) is 0.375. The summed E-state index contributed by atoms with van der Waals surface area (Å²) < 4.78 is 7.17. The number of ether oxygens (including phenoxy) is 1. The van der Waals surface area contributed by atoms with Crippen LogP contribution in [0.3, 0.4) is 0 Å². The molecule has 0 fully saturated rings. The average molecular weight is 432 g/mol. The molecule has 32 heavy (non-hydrogen) atoms. The van der Waals surface area contributed by atoms with Gasteiger partial charge in [-0.1, -0.05) is 36.6 Å². The van der Waals surface area contributed by atoms with E-state index in [0.717, 1.165) is 38.9 Å². The minimum Gasteiger partial charge on any atom is -0.485 e. The first-order chi connectivity index (χ1) is 15.6. The molecule has 1 N–H and O–H groups in total. The fourth-order valence-electron chi connectivity index (χ4n) is 3.96. The first kappa shape index (κ1) is 22.2. The maximum Gasteiger partial charge on any atom is 0.270 e. The van der Waals surface area contributed by atoms with Crippen molar-refractivity contribution in [2.24, 2.45) is 0 Å². The number of fused-ring (bicyclic) bond motifs is 1. The minimum absolute atomic E-state index is 0.177. The van der Waals surface area contributed by atoms with Gasteiger partial charge in [0, 0.05) is 38.4 Å². The monoisotopic (exact) mass is 432 g/mol. The number of β-amino-alcohol motifs (C(OH)–C–C–N with tert-alkyl or cyclic N) is 1. The van der Waals surface area contributed by atoms with Crippen molar-refractivity contribution in [2.75, 3.05) is 19.7 Å². The Morgan fingerprint density at radius 2 is 2.03 bits per heavy atom. The number of aromatic nitrogens is 3. The number of aliphatic hydroxyl groups excluding tert-OH is 1. The molecule has 0 bridgehead atoms. The highest BCUT2D eigenvalue weighted by atomic mass is 16.5. The second-order valence-corrected chi connectivity index (χ2v) is 8.16. The van der Waals surface area contributed by atoms with Crippen molar-refractivity contribution in [1.82, 2.24) is 19.7 Å². The summed E-state index contributed by atoms with van der Waals surface area (Å²) in [6.07, 6.45) is 5.17. The predicted molar refractivity (Wildman–Crippen MR) is 126 cm³/mol. The molecule has 0 saturated carbocycles. The van der Waals surface area contributed by atoms with Crippen molar-refractivity contribution in [3.63, 3.8) is 0 Å². The van der Waals surface area contributed by atoms with Crippen molar-refractivity contribution < 1.29 is 9.84 Å². The Morgan fingerprint density at radius 3 is 2.78 bits per heavy atom. The highest BCUT2D eigenvalue weighted by Gasteiger charge is 2.16. The van der Waals surface area contributed by atoms with Gasteiger partial charge in [-0.25, -0.2) is 4.68 Å². The van der Waals surface area contributed by atoms with E-state index in [-0.39, 0.29) is 12.2 Å². The molecule has 0 spiro atoms. The smallest absolute Gasteiger partial charge is 0.270 e. The molecule has 1 aliphatic heterocycles. The molecule has 7 nitrogen and oxygen atoms in total. The van der Waals surface area contributed by atoms with Crippen molar-refractivity contribution in [1.29, 1.82) is 0 Å². The van der Waals surface area contributed by atoms with Gasteiger partial charge >= 0.3 is 0 Å². The van der Waals surface area contributed by atoms with E-state index in [9.17, 15) is 9.90 Å². The third kappa shape index (κ3) is 5.63. The van der Waals surface area contributed by atoms with E-state index in [1.54, 1.807) is 6.20 Å². The summed E-state index contributed by atoms with van der Waals surface area (Å²) in [5.41, 5.74) is 5.69. The average Bonchev–Trinajstić information content (AvgIpc) is 2.82. The first-order valence-electron chi connectivity index (χ1n) is 11.2. The summed E-state index contributed by atoms with van der Waals surface area (Å²) >= 11 is 0. The Labute approximate surface area is 188 Å². The molecule has 1 aliphatic rings. The molecule has 0 atom stereocenters. The predicted octanol–water partition coefficient (Wildman–Crippen LogP) is 0.920. The summed E-state index contributed by atoms with van der Waals surface area (Å²) in [6, 6.07) is 12.0. The van der Waals surface area contributed by atoms with Gasteiger partial charge in [-0.2, -0.15) is 5.10 Å². The van der Waals surface area contributed by atoms with Gasteiger partial charge in [0.15, 0.2) is 7.28 Å². The van der Waals surface area contributed by atoms with Crippen LogP contribution in [0.5, 0.6) is 5.75 Å². The van der Waals surface area contributed by atoms with Crippen LogP contribution in [0.1, 0.15) is 22.4 Å². The maximum absolute atomic E-state index is 12.5. The topological polar surface area (TPSA) is 80.5 Å². The van der Waals surface area contributed by atoms with Crippen LogP contribution in [-0.4, -0.2) is 51.7 Å². The molecule has 3 heterocycles. The van der Waals surface area contributed by atoms with Gasteiger partial charge in [-0.05, 0) is 35.6 Å². The molecule has 0 aliphatic carbocycles. The lowest BCUT2D eigenvalue weighted by molar-refractivity contribution is 0.184. The van der Waals surface area contributed by atoms with Crippen LogP contribution in [0.4, 0.5) is 0 Å². The highest BCUT2D eigenvalue weighted by Crippen LogP contribution is 2.20. The number of nitrogens with zero attached hydrogens (tertiary/aromatic N) is 4. The molecule has 8 heteroatoms. The van der Waals surface area contributed by atoms with E-state index in [1.165, 1.54) is 32.9 Å². The number of hydrogen-bond donors (Lipinski definition) is 1. The van der Waals surface area contributed by atoms with Gasteiger partial charge in [-0.15, -0.1) is 0 Å². The highest BCUT2D eigenvalue weighted by molar-refractivity contribution is 6.51. The molecular weight excluding hydrogens is 403 g/mol. The second-order valence-electron chi connectivity index (χ2n) is 8.16. The van der Waals surface area contributed by atoms with Crippen LogP contribution in [0.2, 0.25) is 6.82 Å². The normalized spacial score (nSPS) is 13.6. The van der Waals surface area contributed by atoms with E-state index in [1.807, 2.05) is 18.3 Å². The molecule has 4 rings (SSSR count). The summed E-state index contributed by atoms with van der Waals surface area (Å²) in [5.74, 6) is 0.449. The molecule has 0 saturated heterocycles. The molecule has 0 radical (unpaired) electrons. The molecule has 166 valence electrons. The van der Waals surface area contributed by atoms with Crippen LogP contribution in [0.25, 0.3) is 0 Å². The van der Waals surface area contributed by atoms with Gasteiger partial charge in [0.05, 0.1) is 18.5 Å². The number of aryl methyl sites for hydroxylation is 2. The Balaban J connectivity index is 1.34. The largest absolute Gasteiger partial charge is 0.485 e. The SMILES string of the molecule is CBc1ccc(COc2cnn(CCc3ccc4c(c3)CN(CCO)CC4)c(=O)c2)nc1. The van der Waals surface area contributed by atoms with Gasteiger partial charge in [0.2, 0.25) is 0 Å². The minimum atomic E-state index is -0.177. The van der Waals surface area contributed by atoms with Crippen LogP contribution in [0.15, 0.2) is 53.6 Å². The van der Waals surface area contributed by atoms with E-state index < -0.39 is 0 Å².